The number of non-ortho nitro benzene ring substituents is 1. The lowest BCUT2D eigenvalue weighted by molar-refractivity contribution is -0.394. The summed E-state index contributed by atoms with van der Waals surface area (Å²) in [6.07, 6.45) is 0.958. The standard InChI is InChI=1S/C10H10N8O5/c1-5-13-15-10(16(5)11)14-12-4-6-2-7(17(20)21)3-8(9(6)19)18(22)23/h2-4,19H,11H2,1H3,(H,14,15)/b12-4-. The van der Waals surface area contributed by atoms with E-state index in [9.17, 15) is 25.3 Å². The number of aryl methyl sites for hydroxylation is 1. The number of benzene rings is 1. The Kier molecular flexibility index (Phi) is 4.02. The van der Waals surface area contributed by atoms with Crippen molar-refractivity contribution < 1.29 is 15.0 Å². The molecule has 0 radical (unpaired) electrons. The van der Waals surface area contributed by atoms with Crippen LogP contribution < -0.4 is 11.3 Å². The lowest BCUT2D eigenvalue weighted by atomic mass is 10.1. The van der Waals surface area contributed by atoms with Crippen molar-refractivity contribution in [1.29, 1.82) is 0 Å². The molecule has 0 atom stereocenters. The number of phenols is 1. The summed E-state index contributed by atoms with van der Waals surface area (Å²) in [6.45, 7) is 1.59. The summed E-state index contributed by atoms with van der Waals surface area (Å²) in [4.78, 5) is 19.8. The molecule has 13 heteroatoms. The maximum atomic E-state index is 10.8. The number of nitrogens with one attached hydrogen (secondary N) is 1. The van der Waals surface area contributed by atoms with Gasteiger partial charge >= 0.3 is 5.69 Å². The minimum atomic E-state index is -0.938. The largest absolute Gasteiger partial charge is 0.502 e. The van der Waals surface area contributed by atoms with Crippen LogP contribution >= 0.6 is 0 Å². The van der Waals surface area contributed by atoms with Crippen molar-refractivity contribution in [2.24, 2.45) is 5.10 Å². The Balaban J connectivity index is 2.34. The quantitative estimate of drug-likeness (QED) is 0.300. The van der Waals surface area contributed by atoms with Crippen LogP contribution in [0.3, 0.4) is 0 Å². The first-order valence-corrected chi connectivity index (χ1v) is 5.93. The molecule has 4 N–H and O–H groups in total. The van der Waals surface area contributed by atoms with Crippen LogP contribution in [0.5, 0.6) is 5.75 Å². The number of nitrogens with zero attached hydrogens (tertiary/aromatic N) is 6. The van der Waals surface area contributed by atoms with Crippen LogP contribution in [-0.4, -0.2) is 36.0 Å². The number of hydrogen-bond acceptors (Lipinski definition) is 10. The third-order valence-corrected chi connectivity index (χ3v) is 2.75. The van der Waals surface area contributed by atoms with Crippen LogP contribution in [0.4, 0.5) is 17.3 Å². The van der Waals surface area contributed by atoms with E-state index in [1.54, 1.807) is 6.92 Å². The van der Waals surface area contributed by atoms with E-state index < -0.39 is 27.0 Å². The monoisotopic (exact) mass is 322 g/mol. The SMILES string of the molecule is Cc1nnc(N/N=C\c2cc([N+](=O)[O-])cc([N+](=O)[O-])c2O)n1N. The first-order valence-electron chi connectivity index (χ1n) is 5.93. The van der Waals surface area contributed by atoms with Gasteiger partial charge in [-0.15, -0.1) is 10.2 Å². The second-order valence-corrected chi connectivity index (χ2v) is 4.23. The van der Waals surface area contributed by atoms with E-state index in [1.165, 1.54) is 0 Å². The van der Waals surface area contributed by atoms with E-state index in [4.69, 9.17) is 5.84 Å². The fourth-order valence-electron chi connectivity index (χ4n) is 1.57. The maximum Gasteiger partial charge on any atom is 0.318 e. The molecule has 0 aliphatic rings. The van der Waals surface area contributed by atoms with Gasteiger partial charge in [0.05, 0.1) is 27.7 Å². The van der Waals surface area contributed by atoms with Crippen molar-refractivity contribution >= 4 is 23.5 Å². The number of aromatic nitrogens is 3. The number of nitro groups is 2. The fourth-order valence-corrected chi connectivity index (χ4v) is 1.57. The van der Waals surface area contributed by atoms with Gasteiger partial charge in [0.2, 0.25) is 5.75 Å². The lowest BCUT2D eigenvalue weighted by Crippen LogP contribution is -2.13. The molecule has 2 rings (SSSR count). The van der Waals surface area contributed by atoms with E-state index in [0.717, 1.165) is 17.0 Å². The summed E-state index contributed by atoms with van der Waals surface area (Å²) >= 11 is 0. The molecule has 1 aromatic carbocycles. The first kappa shape index (κ1) is 15.6. The molecule has 120 valence electrons. The number of nitrogens with two attached hydrogens (primary N) is 1. The predicted molar refractivity (Wildman–Crippen MR) is 77.5 cm³/mol. The Morgan fingerprint density at radius 3 is 2.57 bits per heavy atom. The molecule has 0 aliphatic carbocycles. The number of hydrogen-bond donors (Lipinski definition) is 3. The van der Waals surface area contributed by atoms with Crippen LogP contribution in [0.2, 0.25) is 0 Å². The molecule has 0 aliphatic heterocycles. The Labute approximate surface area is 127 Å². The van der Waals surface area contributed by atoms with E-state index in [1.807, 2.05) is 0 Å². The molecule has 1 aromatic heterocycles. The molecule has 23 heavy (non-hydrogen) atoms. The Bertz CT molecular complexity index is 814. The number of hydrazone groups is 1. The van der Waals surface area contributed by atoms with Crippen molar-refractivity contribution in [2.75, 3.05) is 11.3 Å². The first-order chi connectivity index (χ1) is 10.8. The Hall–Kier alpha value is -3.77. The van der Waals surface area contributed by atoms with E-state index in [2.05, 4.69) is 20.7 Å². The van der Waals surface area contributed by atoms with Gasteiger partial charge in [-0.3, -0.25) is 20.2 Å². The summed E-state index contributed by atoms with van der Waals surface area (Å²) in [6, 6.07) is 1.59. The third-order valence-electron chi connectivity index (χ3n) is 2.75. The third kappa shape index (κ3) is 3.12. The highest BCUT2D eigenvalue weighted by Gasteiger charge is 2.23. The molecule has 0 spiro atoms. The summed E-state index contributed by atoms with van der Waals surface area (Å²) in [5.41, 5.74) is 0.798. The van der Waals surface area contributed by atoms with Gasteiger partial charge in [-0.1, -0.05) is 0 Å². The van der Waals surface area contributed by atoms with E-state index in [-0.39, 0.29) is 11.5 Å². The number of rotatable bonds is 5. The van der Waals surface area contributed by atoms with Crippen LogP contribution in [0.15, 0.2) is 17.2 Å². The predicted octanol–water partition coefficient (Wildman–Crippen LogP) is 0.268. The van der Waals surface area contributed by atoms with Crippen molar-refractivity contribution in [3.63, 3.8) is 0 Å². The summed E-state index contributed by atoms with van der Waals surface area (Å²) in [5.74, 6) is 5.28. The summed E-state index contributed by atoms with van der Waals surface area (Å²) in [7, 11) is 0. The zero-order chi connectivity index (χ0) is 17.1. The summed E-state index contributed by atoms with van der Waals surface area (Å²) < 4.78 is 1.09. The number of nitrogen functional groups attached to an aromatic ring is 1. The molecule has 1 heterocycles. The van der Waals surface area contributed by atoms with Crippen molar-refractivity contribution in [1.82, 2.24) is 14.9 Å². The Morgan fingerprint density at radius 1 is 1.35 bits per heavy atom. The molecule has 0 fully saturated rings. The van der Waals surface area contributed by atoms with E-state index in [0.29, 0.717) is 11.9 Å². The highest BCUT2D eigenvalue weighted by molar-refractivity contribution is 5.87. The van der Waals surface area contributed by atoms with Gasteiger partial charge in [0.1, 0.15) is 0 Å². The molecule has 2 aromatic rings. The van der Waals surface area contributed by atoms with Crippen molar-refractivity contribution in [2.45, 2.75) is 6.92 Å². The zero-order valence-electron chi connectivity index (χ0n) is 11.6. The average Bonchev–Trinajstić information content (AvgIpc) is 2.80. The summed E-state index contributed by atoms with van der Waals surface area (Å²) in [5, 5.41) is 42.3. The molecule has 0 saturated heterocycles. The zero-order valence-corrected chi connectivity index (χ0v) is 11.6. The minimum absolute atomic E-state index is 0.0678. The van der Waals surface area contributed by atoms with Gasteiger partial charge in [-0.25, -0.2) is 10.1 Å². The van der Waals surface area contributed by atoms with Gasteiger partial charge in [-0.05, 0) is 6.92 Å². The van der Waals surface area contributed by atoms with Gasteiger partial charge < -0.3 is 10.9 Å². The second kappa shape index (κ2) is 5.92. The molecular weight excluding hydrogens is 312 g/mol. The Morgan fingerprint density at radius 2 is 2.04 bits per heavy atom. The van der Waals surface area contributed by atoms with Crippen molar-refractivity contribution in [3.05, 3.63) is 43.7 Å². The molecule has 0 unspecified atom stereocenters. The molecule has 0 saturated carbocycles. The molecule has 13 nitrogen and oxygen atoms in total. The number of nitro benzene ring substituents is 2. The number of anilines is 1. The minimum Gasteiger partial charge on any atom is -0.502 e. The number of phenolic OH excluding ortho intramolecular Hbond substituents is 1. The highest BCUT2D eigenvalue weighted by atomic mass is 16.6. The maximum absolute atomic E-state index is 10.8. The smallest absolute Gasteiger partial charge is 0.318 e. The van der Waals surface area contributed by atoms with Crippen LogP contribution in [0.25, 0.3) is 0 Å². The topological polar surface area (TPSA) is 188 Å². The number of aromatic hydroxyl groups is 1. The van der Waals surface area contributed by atoms with Crippen LogP contribution in [0.1, 0.15) is 11.4 Å². The van der Waals surface area contributed by atoms with Crippen LogP contribution in [-0.2, 0) is 0 Å². The average molecular weight is 322 g/mol. The normalized spacial score (nSPS) is 10.8. The second-order valence-electron chi connectivity index (χ2n) is 4.23. The van der Waals surface area contributed by atoms with Gasteiger partial charge in [-0.2, -0.15) is 5.10 Å². The fraction of sp³-hybridized carbons (Fsp3) is 0.100. The van der Waals surface area contributed by atoms with E-state index >= 15 is 0 Å². The van der Waals surface area contributed by atoms with Crippen molar-refractivity contribution in [3.8, 4) is 5.75 Å². The van der Waals surface area contributed by atoms with Gasteiger partial charge in [0.25, 0.3) is 11.6 Å². The molecular formula is C10H10N8O5. The lowest BCUT2D eigenvalue weighted by Gasteiger charge is -2.02. The van der Waals surface area contributed by atoms with Gasteiger partial charge in [0, 0.05) is 6.07 Å². The molecule has 0 amide bonds. The van der Waals surface area contributed by atoms with Gasteiger partial charge in [0.15, 0.2) is 5.82 Å². The van der Waals surface area contributed by atoms with Crippen LogP contribution in [0, 0.1) is 27.2 Å². The highest BCUT2D eigenvalue weighted by Crippen LogP contribution is 2.33. The molecule has 0 bridgehead atoms.